The molecule has 0 aliphatic rings. The second-order valence-corrected chi connectivity index (χ2v) is 6.96. The fourth-order valence-corrected chi connectivity index (χ4v) is 3.15. The van der Waals surface area contributed by atoms with Crippen LogP contribution >= 0.6 is 40.0 Å². The summed E-state index contributed by atoms with van der Waals surface area (Å²) in [5.74, 6) is 0.723. The van der Waals surface area contributed by atoms with Gasteiger partial charge >= 0.3 is 0 Å². The molecule has 0 bridgehead atoms. The summed E-state index contributed by atoms with van der Waals surface area (Å²) >= 11 is 8.15. The molecule has 0 radical (unpaired) electrons. The topological polar surface area (TPSA) is 63.0 Å². The first kappa shape index (κ1) is 14.2. The van der Waals surface area contributed by atoms with Crippen LogP contribution in [0.4, 0.5) is 5.82 Å². The van der Waals surface area contributed by atoms with Gasteiger partial charge in [-0.15, -0.1) is 0 Å². The van der Waals surface area contributed by atoms with Gasteiger partial charge in [0.15, 0.2) is 5.82 Å². The van der Waals surface area contributed by atoms with Gasteiger partial charge in [-0.25, -0.2) is 9.44 Å². The first-order valence-corrected chi connectivity index (χ1v) is 9.72. The van der Waals surface area contributed by atoms with Crippen molar-refractivity contribution in [3.8, 4) is 0 Å². The maximum absolute atomic E-state index is 9.73. The zero-order valence-electron chi connectivity index (χ0n) is 9.91. The van der Waals surface area contributed by atoms with Crippen molar-refractivity contribution < 1.29 is 5.11 Å². The van der Waals surface area contributed by atoms with Crippen molar-refractivity contribution in [3.63, 3.8) is 0 Å². The van der Waals surface area contributed by atoms with E-state index in [1.807, 2.05) is 4.45 Å². The van der Waals surface area contributed by atoms with Crippen LogP contribution in [0.3, 0.4) is 0 Å². The SMILES string of the molecule is CC(C)(O)CNc1nn(PI)c2cc(Cl)ncc12. The third-order valence-electron chi connectivity index (χ3n) is 2.30. The van der Waals surface area contributed by atoms with Gasteiger partial charge in [0, 0.05) is 18.8 Å². The number of anilines is 1. The summed E-state index contributed by atoms with van der Waals surface area (Å²) in [6.45, 7) is 3.91. The molecule has 0 saturated heterocycles. The van der Waals surface area contributed by atoms with E-state index < -0.39 is 5.60 Å². The highest BCUT2D eigenvalue weighted by molar-refractivity contribution is 14.2. The van der Waals surface area contributed by atoms with Crippen molar-refractivity contribution in [2.75, 3.05) is 11.9 Å². The van der Waals surface area contributed by atoms with Crippen molar-refractivity contribution in [2.24, 2.45) is 0 Å². The lowest BCUT2D eigenvalue weighted by molar-refractivity contribution is 0.0944. The van der Waals surface area contributed by atoms with E-state index in [9.17, 15) is 5.11 Å². The maximum Gasteiger partial charge on any atom is 0.158 e. The molecule has 0 spiro atoms. The minimum absolute atomic E-state index is 0.423. The summed E-state index contributed by atoms with van der Waals surface area (Å²) in [5.41, 5.74) is 0.156. The molecule has 8 heteroatoms. The molecule has 0 aliphatic heterocycles. The highest BCUT2D eigenvalue weighted by atomic mass is 127. The van der Waals surface area contributed by atoms with Gasteiger partial charge in [0.05, 0.1) is 22.9 Å². The smallest absolute Gasteiger partial charge is 0.158 e. The summed E-state index contributed by atoms with van der Waals surface area (Å²) in [5, 5.41) is 18.7. The number of halogens is 2. The fourth-order valence-electron chi connectivity index (χ4n) is 1.48. The molecule has 98 valence electrons. The van der Waals surface area contributed by atoms with E-state index >= 15 is 0 Å². The third kappa shape index (κ3) is 3.23. The number of hydrogen-bond acceptors (Lipinski definition) is 4. The Labute approximate surface area is 125 Å². The van der Waals surface area contributed by atoms with Gasteiger partial charge in [0.1, 0.15) is 5.15 Å². The predicted octanol–water partition coefficient (Wildman–Crippen LogP) is 3.06. The minimum Gasteiger partial charge on any atom is -0.389 e. The Morgan fingerprint density at radius 3 is 2.94 bits per heavy atom. The van der Waals surface area contributed by atoms with Crippen LogP contribution in [0.5, 0.6) is 0 Å². The number of nitrogens with one attached hydrogen (secondary N) is 1. The minimum atomic E-state index is -0.789. The van der Waals surface area contributed by atoms with Crippen molar-refractivity contribution in [3.05, 3.63) is 17.4 Å². The average Bonchev–Trinajstić information content (AvgIpc) is 2.63. The fraction of sp³-hybridized carbons (Fsp3) is 0.400. The largest absolute Gasteiger partial charge is 0.389 e. The molecule has 2 heterocycles. The van der Waals surface area contributed by atoms with Crippen LogP contribution in [0.2, 0.25) is 5.15 Å². The molecule has 1 unspecified atom stereocenters. The normalized spacial score (nSPS) is 12.7. The van der Waals surface area contributed by atoms with Gasteiger partial charge in [0.2, 0.25) is 0 Å². The number of nitrogens with zero attached hydrogens (tertiary/aromatic N) is 3. The van der Waals surface area contributed by atoms with E-state index in [0.29, 0.717) is 18.1 Å². The molecule has 2 rings (SSSR count). The molecule has 0 aromatic carbocycles. The summed E-state index contributed by atoms with van der Waals surface area (Å²) < 4.78 is 1.87. The average molecular weight is 399 g/mol. The number of aliphatic hydroxyl groups is 1. The Morgan fingerprint density at radius 1 is 1.61 bits per heavy atom. The van der Waals surface area contributed by atoms with Gasteiger partial charge in [0.25, 0.3) is 0 Å². The van der Waals surface area contributed by atoms with Crippen LogP contribution in [0.25, 0.3) is 10.9 Å². The molecule has 5 nitrogen and oxygen atoms in total. The van der Waals surface area contributed by atoms with Crippen molar-refractivity contribution in [1.82, 2.24) is 14.5 Å². The predicted molar refractivity (Wildman–Crippen MR) is 85.1 cm³/mol. The van der Waals surface area contributed by atoms with E-state index in [4.69, 9.17) is 11.6 Å². The molecule has 2 N–H and O–H groups in total. The molecule has 0 amide bonds. The Kier molecular flexibility index (Phi) is 4.31. The van der Waals surface area contributed by atoms with Gasteiger partial charge in [-0.05, 0) is 35.9 Å². The van der Waals surface area contributed by atoms with E-state index in [-0.39, 0.29) is 0 Å². The second-order valence-electron chi connectivity index (χ2n) is 4.54. The lowest BCUT2D eigenvalue weighted by atomic mass is 10.1. The molecule has 18 heavy (non-hydrogen) atoms. The molecule has 2 aromatic rings. The number of aromatic nitrogens is 3. The lowest BCUT2D eigenvalue weighted by Crippen LogP contribution is -2.29. The number of fused-ring (bicyclic) bond motifs is 1. The van der Waals surface area contributed by atoms with Crippen LogP contribution in [-0.4, -0.2) is 31.8 Å². The quantitative estimate of drug-likeness (QED) is 0.472. The molecule has 2 aromatic heterocycles. The summed E-state index contributed by atoms with van der Waals surface area (Å²) in [6, 6.07) is 1.80. The van der Waals surface area contributed by atoms with Gasteiger partial charge in [-0.3, -0.25) is 0 Å². The van der Waals surface area contributed by atoms with E-state index in [1.165, 1.54) is 0 Å². The van der Waals surface area contributed by atoms with Crippen LogP contribution in [0.15, 0.2) is 12.3 Å². The van der Waals surface area contributed by atoms with Gasteiger partial charge < -0.3 is 10.4 Å². The Morgan fingerprint density at radius 2 is 2.33 bits per heavy atom. The zero-order valence-corrected chi connectivity index (χ0v) is 13.8. The standard InChI is InChI=1S/C10H13ClIN4OP/c1-10(2,17)5-14-9-6-4-13-8(11)3-7(6)16(15-9)18-12/h3-4,17-18H,5H2,1-2H3,(H,14,15). The van der Waals surface area contributed by atoms with Gasteiger partial charge in [-0.1, -0.05) is 11.6 Å². The lowest BCUT2D eigenvalue weighted by Gasteiger charge is -2.17. The summed E-state index contributed by atoms with van der Waals surface area (Å²) in [6.07, 6.45) is 2.18. The first-order valence-electron chi connectivity index (χ1n) is 5.28. The van der Waals surface area contributed by atoms with Crippen molar-refractivity contribution in [1.29, 1.82) is 0 Å². The van der Waals surface area contributed by atoms with E-state index in [0.717, 1.165) is 16.7 Å². The Bertz CT molecular complexity index is 569. The highest BCUT2D eigenvalue weighted by Gasteiger charge is 2.16. The van der Waals surface area contributed by atoms with E-state index in [2.05, 4.69) is 37.4 Å². The monoisotopic (exact) mass is 398 g/mol. The zero-order chi connectivity index (χ0) is 13.3. The Hall–Kier alpha value is -0.170. The molecule has 1 atom stereocenters. The number of rotatable bonds is 4. The molecule has 0 saturated carbocycles. The number of pyridine rings is 1. The first-order chi connectivity index (χ1) is 8.40. The van der Waals surface area contributed by atoms with Crippen molar-refractivity contribution >= 4 is 56.7 Å². The maximum atomic E-state index is 9.73. The van der Waals surface area contributed by atoms with Crippen LogP contribution in [-0.2, 0) is 0 Å². The summed E-state index contributed by atoms with van der Waals surface area (Å²) in [7, 11) is 0. The van der Waals surface area contributed by atoms with Crippen LogP contribution in [0.1, 0.15) is 13.8 Å². The molecule has 0 fully saturated rings. The van der Waals surface area contributed by atoms with Crippen LogP contribution in [0, 0.1) is 0 Å². The third-order valence-corrected chi connectivity index (χ3v) is 4.38. The molecular formula is C10H13ClIN4OP. The Balaban J connectivity index is 2.39. The molecular weight excluding hydrogens is 385 g/mol. The second kappa shape index (κ2) is 5.45. The summed E-state index contributed by atoms with van der Waals surface area (Å²) in [4.78, 5) is 4.07. The van der Waals surface area contributed by atoms with Crippen molar-refractivity contribution in [2.45, 2.75) is 19.4 Å². The molecule has 0 aliphatic carbocycles. The number of hydrogen-bond donors (Lipinski definition) is 2. The highest BCUT2D eigenvalue weighted by Crippen LogP contribution is 2.33. The van der Waals surface area contributed by atoms with E-state index in [1.54, 1.807) is 26.1 Å². The van der Waals surface area contributed by atoms with Gasteiger partial charge in [-0.2, -0.15) is 5.10 Å². The van der Waals surface area contributed by atoms with Crippen LogP contribution < -0.4 is 5.32 Å².